The van der Waals surface area contributed by atoms with Gasteiger partial charge < -0.3 is 14.4 Å². The van der Waals surface area contributed by atoms with Crippen LogP contribution in [0.3, 0.4) is 0 Å². The van der Waals surface area contributed by atoms with Crippen LogP contribution < -0.4 is 4.74 Å². The highest BCUT2D eigenvalue weighted by Crippen LogP contribution is 2.20. The lowest BCUT2D eigenvalue weighted by Gasteiger charge is -2.37. The Kier molecular flexibility index (Phi) is 6.26. The fraction of sp³-hybridized carbons (Fsp3) is 0.684. The van der Waals surface area contributed by atoms with E-state index in [0.717, 1.165) is 51.4 Å². The predicted molar refractivity (Wildman–Crippen MR) is 95.5 cm³/mol. The van der Waals surface area contributed by atoms with Crippen molar-refractivity contribution in [1.29, 1.82) is 0 Å². The van der Waals surface area contributed by atoms with Crippen molar-refractivity contribution in [1.82, 2.24) is 14.8 Å². The van der Waals surface area contributed by atoms with Crippen LogP contribution in [0.5, 0.6) is 5.75 Å². The van der Waals surface area contributed by atoms with Gasteiger partial charge in [0.15, 0.2) is 0 Å². The number of amides is 1. The quantitative estimate of drug-likeness (QED) is 0.815. The van der Waals surface area contributed by atoms with Crippen molar-refractivity contribution in [3.05, 3.63) is 24.5 Å². The Morgan fingerprint density at radius 1 is 1.28 bits per heavy atom. The van der Waals surface area contributed by atoms with E-state index in [-0.39, 0.29) is 18.1 Å². The predicted octanol–water partition coefficient (Wildman–Crippen LogP) is 1.95. The van der Waals surface area contributed by atoms with Gasteiger partial charge >= 0.3 is 0 Å². The molecule has 0 aliphatic carbocycles. The fourth-order valence-corrected chi connectivity index (χ4v) is 3.49. The van der Waals surface area contributed by atoms with Gasteiger partial charge in [-0.05, 0) is 26.0 Å². The summed E-state index contributed by atoms with van der Waals surface area (Å²) in [6, 6.07) is 4.25. The number of carbonyl (C=O) groups is 1. The highest BCUT2D eigenvalue weighted by molar-refractivity contribution is 5.76. The highest BCUT2D eigenvalue weighted by atomic mass is 16.5. The lowest BCUT2D eigenvalue weighted by atomic mass is 10.1. The summed E-state index contributed by atoms with van der Waals surface area (Å²) in [7, 11) is 0. The van der Waals surface area contributed by atoms with Crippen LogP contribution in [0.4, 0.5) is 0 Å². The van der Waals surface area contributed by atoms with Gasteiger partial charge in [-0.25, -0.2) is 0 Å². The molecule has 0 aromatic carbocycles. The number of morpholine rings is 1. The monoisotopic (exact) mass is 347 g/mol. The van der Waals surface area contributed by atoms with E-state index in [0.29, 0.717) is 12.5 Å². The number of aromatic nitrogens is 1. The van der Waals surface area contributed by atoms with Crippen molar-refractivity contribution in [2.75, 3.05) is 32.8 Å². The van der Waals surface area contributed by atoms with E-state index in [4.69, 9.17) is 9.47 Å². The van der Waals surface area contributed by atoms with Gasteiger partial charge in [-0.1, -0.05) is 0 Å². The molecule has 3 rings (SSSR count). The molecule has 0 bridgehead atoms. The molecular weight excluding hydrogens is 318 g/mol. The Morgan fingerprint density at radius 3 is 2.68 bits per heavy atom. The molecule has 3 heterocycles. The minimum absolute atomic E-state index is 0.0226. The third-order valence-corrected chi connectivity index (χ3v) is 5.05. The van der Waals surface area contributed by atoms with Crippen molar-refractivity contribution in [3.8, 4) is 5.75 Å². The number of pyridine rings is 1. The summed E-state index contributed by atoms with van der Waals surface area (Å²) < 4.78 is 11.8. The zero-order valence-corrected chi connectivity index (χ0v) is 15.3. The minimum Gasteiger partial charge on any atom is -0.490 e. The molecule has 2 aliphatic rings. The summed E-state index contributed by atoms with van der Waals surface area (Å²) in [6.45, 7) is 8.43. The SMILES string of the molecule is CC(C)N1CCOC(CC(=O)N2CCC(Oc3ccncc3)CC2)C1. The van der Waals surface area contributed by atoms with E-state index in [1.807, 2.05) is 17.0 Å². The molecule has 6 nitrogen and oxygen atoms in total. The summed E-state index contributed by atoms with van der Waals surface area (Å²) in [5.74, 6) is 1.06. The standard InChI is InChI=1S/C19H29N3O3/c1-15(2)22-11-12-24-18(14-22)13-19(23)21-9-5-17(6-10-21)25-16-3-7-20-8-4-16/h3-4,7-8,15,17-18H,5-6,9-14H2,1-2H3. The maximum atomic E-state index is 12.6. The first kappa shape index (κ1) is 18.1. The third kappa shape index (κ3) is 5.16. The normalized spacial score (nSPS) is 23.0. The van der Waals surface area contributed by atoms with Gasteiger partial charge in [0.05, 0.1) is 19.1 Å². The molecule has 0 spiro atoms. The second-order valence-corrected chi connectivity index (χ2v) is 7.17. The average Bonchev–Trinajstić information content (AvgIpc) is 2.63. The summed E-state index contributed by atoms with van der Waals surface area (Å²) in [5, 5.41) is 0. The van der Waals surface area contributed by atoms with Gasteiger partial charge in [0.2, 0.25) is 5.91 Å². The first-order valence-corrected chi connectivity index (χ1v) is 9.32. The van der Waals surface area contributed by atoms with Crippen LogP contribution in [-0.2, 0) is 9.53 Å². The van der Waals surface area contributed by atoms with Crippen molar-refractivity contribution in [2.45, 2.75) is 51.4 Å². The Hall–Kier alpha value is -1.66. The van der Waals surface area contributed by atoms with Gasteiger partial charge in [0, 0.05) is 57.5 Å². The number of piperidine rings is 1. The number of likely N-dealkylation sites (tertiary alicyclic amines) is 1. The average molecular weight is 347 g/mol. The molecule has 0 radical (unpaired) electrons. The number of hydrogen-bond acceptors (Lipinski definition) is 5. The maximum absolute atomic E-state index is 12.6. The second-order valence-electron chi connectivity index (χ2n) is 7.17. The van der Waals surface area contributed by atoms with E-state index in [9.17, 15) is 4.79 Å². The maximum Gasteiger partial charge on any atom is 0.225 e. The van der Waals surface area contributed by atoms with Crippen molar-refractivity contribution in [2.24, 2.45) is 0 Å². The molecule has 2 fully saturated rings. The summed E-state index contributed by atoms with van der Waals surface area (Å²) in [5.41, 5.74) is 0. The molecule has 0 N–H and O–H groups in total. The molecular formula is C19H29N3O3. The van der Waals surface area contributed by atoms with Crippen molar-refractivity contribution >= 4 is 5.91 Å². The summed E-state index contributed by atoms with van der Waals surface area (Å²) in [6.07, 6.45) is 5.90. The molecule has 2 saturated heterocycles. The summed E-state index contributed by atoms with van der Waals surface area (Å²) >= 11 is 0. The largest absolute Gasteiger partial charge is 0.490 e. The van der Waals surface area contributed by atoms with Gasteiger partial charge in [-0.15, -0.1) is 0 Å². The van der Waals surface area contributed by atoms with Crippen LogP contribution in [0.25, 0.3) is 0 Å². The van der Waals surface area contributed by atoms with Crippen molar-refractivity contribution < 1.29 is 14.3 Å². The second kappa shape index (κ2) is 8.63. The molecule has 1 unspecified atom stereocenters. The molecule has 1 aromatic heterocycles. The molecule has 25 heavy (non-hydrogen) atoms. The zero-order valence-electron chi connectivity index (χ0n) is 15.3. The Balaban J connectivity index is 1.42. The number of hydrogen-bond donors (Lipinski definition) is 0. The topological polar surface area (TPSA) is 54.9 Å². The Labute approximate surface area is 150 Å². The van der Waals surface area contributed by atoms with E-state index >= 15 is 0 Å². The molecule has 6 heteroatoms. The first-order valence-electron chi connectivity index (χ1n) is 9.32. The van der Waals surface area contributed by atoms with E-state index < -0.39 is 0 Å². The number of ether oxygens (including phenoxy) is 2. The van der Waals surface area contributed by atoms with Gasteiger partial charge in [-0.3, -0.25) is 14.7 Å². The zero-order chi connectivity index (χ0) is 17.6. The van der Waals surface area contributed by atoms with E-state index in [1.165, 1.54) is 0 Å². The number of carbonyl (C=O) groups excluding carboxylic acids is 1. The highest BCUT2D eigenvalue weighted by Gasteiger charge is 2.28. The first-order chi connectivity index (χ1) is 12.1. The number of rotatable bonds is 5. The fourth-order valence-electron chi connectivity index (χ4n) is 3.49. The smallest absolute Gasteiger partial charge is 0.225 e. The molecule has 2 aliphatic heterocycles. The van der Waals surface area contributed by atoms with Crippen LogP contribution in [0.2, 0.25) is 0 Å². The lowest BCUT2D eigenvalue weighted by molar-refractivity contribution is -0.138. The van der Waals surface area contributed by atoms with Crippen LogP contribution in [0.15, 0.2) is 24.5 Å². The van der Waals surface area contributed by atoms with Gasteiger partial charge in [0.1, 0.15) is 11.9 Å². The minimum atomic E-state index is 0.0226. The van der Waals surface area contributed by atoms with Gasteiger partial charge in [-0.2, -0.15) is 0 Å². The third-order valence-electron chi connectivity index (χ3n) is 5.05. The Bertz CT molecular complexity index is 544. The van der Waals surface area contributed by atoms with Crippen molar-refractivity contribution in [3.63, 3.8) is 0 Å². The molecule has 1 atom stereocenters. The van der Waals surface area contributed by atoms with Gasteiger partial charge in [0.25, 0.3) is 0 Å². The summed E-state index contributed by atoms with van der Waals surface area (Å²) in [4.78, 5) is 20.9. The van der Waals surface area contributed by atoms with Crippen LogP contribution in [0.1, 0.15) is 33.1 Å². The van der Waals surface area contributed by atoms with E-state index in [2.05, 4.69) is 23.7 Å². The number of nitrogens with zero attached hydrogens (tertiary/aromatic N) is 3. The van der Waals surface area contributed by atoms with Crippen LogP contribution >= 0.6 is 0 Å². The van der Waals surface area contributed by atoms with E-state index in [1.54, 1.807) is 12.4 Å². The molecule has 1 amide bonds. The molecule has 138 valence electrons. The van der Waals surface area contributed by atoms with Crippen LogP contribution in [-0.4, -0.2) is 71.7 Å². The van der Waals surface area contributed by atoms with Crippen LogP contribution in [0, 0.1) is 0 Å². The lowest BCUT2D eigenvalue weighted by Crippen LogP contribution is -2.48. The Morgan fingerprint density at radius 2 is 2.00 bits per heavy atom. The molecule has 0 saturated carbocycles. The molecule has 1 aromatic rings.